The zero-order valence-corrected chi connectivity index (χ0v) is 27.8. The first-order valence-corrected chi connectivity index (χ1v) is 15.1. The van der Waals surface area contributed by atoms with Crippen molar-refractivity contribution >= 4 is 35.6 Å². The highest BCUT2D eigenvalue weighted by Gasteiger charge is 2.44. The van der Waals surface area contributed by atoms with Gasteiger partial charge < -0.3 is 42.6 Å². The van der Waals surface area contributed by atoms with Gasteiger partial charge in [-0.05, 0) is 24.3 Å². The third-order valence-electron chi connectivity index (χ3n) is 7.27. The van der Waals surface area contributed by atoms with E-state index in [-0.39, 0.29) is 52.4 Å². The molecule has 0 bridgehead atoms. The number of Topliss-reactive ketones (excluding diaryl/α,β-unsaturated/α-hetero) is 1. The Hall–Kier alpha value is -6.12. The summed E-state index contributed by atoms with van der Waals surface area (Å²) in [6, 6.07) is 11.8. The first kappa shape index (κ1) is 35.2. The van der Waals surface area contributed by atoms with Crippen molar-refractivity contribution in [3.05, 3.63) is 65.2 Å². The van der Waals surface area contributed by atoms with Gasteiger partial charge in [0.1, 0.15) is 29.4 Å². The number of benzene rings is 3. The fourth-order valence-electron chi connectivity index (χ4n) is 5.41. The van der Waals surface area contributed by atoms with Crippen LogP contribution in [-0.2, 0) is 33.4 Å². The molecular formula is C35H32O15. The standard InChI is InChI=1S/C35H32O15/c1-16(36)43-15-30-33(21-7-9-24(45-18(3)38)26(11-21)42-6)49-27-12-22(8-10-25(27)48-30)34-35(47-20(5)40)32(41)31-28(46-19(4)39)13-23(44-17(2)37)14-29(31)50-34/h7-14,30,33-35H,15H2,1-6H3/t30-,33-,34-,35+/m0/s1. The maximum absolute atomic E-state index is 13.9. The Morgan fingerprint density at radius 2 is 1.26 bits per heavy atom. The fraction of sp³-hybridized carbons (Fsp3) is 0.314. The van der Waals surface area contributed by atoms with Crippen LogP contribution in [0.25, 0.3) is 0 Å². The van der Waals surface area contributed by atoms with Gasteiger partial charge in [0.25, 0.3) is 0 Å². The number of esters is 5. The number of rotatable bonds is 9. The maximum atomic E-state index is 13.9. The van der Waals surface area contributed by atoms with Gasteiger partial charge in [0.2, 0.25) is 11.9 Å². The summed E-state index contributed by atoms with van der Waals surface area (Å²) in [7, 11) is 1.40. The topological polar surface area (TPSA) is 185 Å². The first-order valence-electron chi connectivity index (χ1n) is 15.1. The number of fused-ring (bicyclic) bond motifs is 2. The molecule has 2 aliphatic rings. The van der Waals surface area contributed by atoms with Crippen LogP contribution >= 0.6 is 0 Å². The molecule has 2 heterocycles. The van der Waals surface area contributed by atoms with E-state index in [0.29, 0.717) is 11.1 Å². The van der Waals surface area contributed by atoms with Crippen molar-refractivity contribution in [1.29, 1.82) is 0 Å². The van der Waals surface area contributed by atoms with Gasteiger partial charge in [-0.15, -0.1) is 0 Å². The molecule has 2 aliphatic heterocycles. The van der Waals surface area contributed by atoms with Crippen LogP contribution in [0.2, 0.25) is 0 Å². The van der Waals surface area contributed by atoms with E-state index in [1.807, 2.05) is 0 Å². The summed E-state index contributed by atoms with van der Waals surface area (Å²) in [6.07, 6.45) is -4.53. The molecule has 5 rings (SSSR count). The van der Waals surface area contributed by atoms with Crippen LogP contribution in [0.5, 0.6) is 40.2 Å². The van der Waals surface area contributed by atoms with E-state index in [9.17, 15) is 28.8 Å². The van der Waals surface area contributed by atoms with Crippen molar-refractivity contribution in [3.8, 4) is 40.2 Å². The molecule has 0 fully saturated rings. The zero-order chi connectivity index (χ0) is 36.3. The number of carbonyl (C=O) groups excluding carboxylic acids is 6. The van der Waals surface area contributed by atoms with E-state index in [1.165, 1.54) is 52.1 Å². The average Bonchev–Trinajstić information content (AvgIpc) is 3.03. The average molecular weight is 693 g/mol. The van der Waals surface area contributed by atoms with Crippen LogP contribution in [-0.4, -0.2) is 61.6 Å². The van der Waals surface area contributed by atoms with E-state index in [0.717, 1.165) is 13.8 Å². The molecule has 0 unspecified atom stereocenters. The molecule has 0 saturated carbocycles. The molecule has 50 heavy (non-hydrogen) atoms. The number of carbonyl (C=O) groups is 6. The summed E-state index contributed by atoms with van der Waals surface area (Å²) in [5.74, 6) is -3.66. The van der Waals surface area contributed by atoms with Crippen LogP contribution < -0.4 is 33.2 Å². The smallest absolute Gasteiger partial charge is 0.308 e. The summed E-state index contributed by atoms with van der Waals surface area (Å²) < 4.78 is 50.6. The number of methoxy groups -OCH3 is 1. The number of ether oxygens (including phenoxy) is 9. The Bertz CT molecular complexity index is 1880. The monoisotopic (exact) mass is 692 g/mol. The molecule has 0 aromatic heterocycles. The van der Waals surface area contributed by atoms with E-state index in [1.54, 1.807) is 24.3 Å². The van der Waals surface area contributed by atoms with Gasteiger partial charge in [-0.1, -0.05) is 12.1 Å². The van der Waals surface area contributed by atoms with E-state index < -0.39 is 60.0 Å². The minimum atomic E-state index is -1.54. The van der Waals surface area contributed by atoms with Gasteiger partial charge in [0.15, 0.2) is 41.3 Å². The van der Waals surface area contributed by atoms with E-state index >= 15 is 0 Å². The fourth-order valence-corrected chi connectivity index (χ4v) is 5.41. The Morgan fingerprint density at radius 3 is 1.90 bits per heavy atom. The molecule has 0 saturated heterocycles. The molecule has 0 radical (unpaired) electrons. The summed E-state index contributed by atoms with van der Waals surface area (Å²) >= 11 is 0. The second kappa shape index (κ2) is 14.6. The summed E-state index contributed by atoms with van der Waals surface area (Å²) in [6.45, 7) is 5.73. The lowest BCUT2D eigenvalue weighted by molar-refractivity contribution is -0.149. The number of ketones is 1. The van der Waals surface area contributed by atoms with Crippen molar-refractivity contribution in [2.45, 2.75) is 59.0 Å². The van der Waals surface area contributed by atoms with Crippen molar-refractivity contribution in [2.75, 3.05) is 13.7 Å². The summed E-state index contributed by atoms with van der Waals surface area (Å²) in [5.41, 5.74) is 0.623. The highest BCUT2D eigenvalue weighted by Crippen LogP contribution is 2.47. The lowest BCUT2D eigenvalue weighted by Gasteiger charge is -2.36. The van der Waals surface area contributed by atoms with Crippen LogP contribution in [0.15, 0.2) is 48.5 Å². The van der Waals surface area contributed by atoms with Gasteiger partial charge in [-0.3, -0.25) is 28.8 Å². The molecular weight excluding hydrogens is 660 g/mol. The van der Waals surface area contributed by atoms with Gasteiger partial charge in [-0.25, -0.2) is 0 Å². The third-order valence-corrected chi connectivity index (χ3v) is 7.27. The van der Waals surface area contributed by atoms with Crippen LogP contribution in [0, 0.1) is 0 Å². The molecule has 3 aromatic rings. The minimum Gasteiger partial charge on any atom is -0.493 e. The molecule has 0 amide bonds. The van der Waals surface area contributed by atoms with Gasteiger partial charge in [0.05, 0.1) is 7.11 Å². The maximum Gasteiger partial charge on any atom is 0.308 e. The number of hydrogen-bond acceptors (Lipinski definition) is 15. The normalized spacial score (nSPS) is 18.8. The van der Waals surface area contributed by atoms with Crippen LogP contribution in [0.1, 0.15) is 68.3 Å². The molecule has 262 valence electrons. The second-order valence-corrected chi connectivity index (χ2v) is 11.1. The first-order chi connectivity index (χ1) is 23.7. The van der Waals surface area contributed by atoms with Gasteiger partial charge >= 0.3 is 29.8 Å². The molecule has 0 N–H and O–H groups in total. The Kier molecular flexibility index (Phi) is 10.2. The lowest BCUT2D eigenvalue weighted by atomic mass is 9.92. The zero-order valence-electron chi connectivity index (χ0n) is 27.8. The lowest BCUT2D eigenvalue weighted by Crippen LogP contribution is -2.40. The van der Waals surface area contributed by atoms with Crippen molar-refractivity contribution in [2.24, 2.45) is 0 Å². The number of hydrogen-bond donors (Lipinski definition) is 0. The Balaban J connectivity index is 1.56. The second-order valence-electron chi connectivity index (χ2n) is 11.1. The van der Waals surface area contributed by atoms with Crippen molar-refractivity contribution in [1.82, 2.24) is 0 Å². The molecule has 3 aromatic carbocycles. The summed E-state index contributed by atoms with van der Waals surface area (Å²) in [4.78, 5) is 73.0. The van der Waals surface area contributed by atoms with Crippen LogP contribution in [0.3, 0.4) is 0 Å². The van der Waals surface area contributed by atoms with E-state index in [2.05, 4.69) is 0 Å². The molecule has 15 nitrogen and oxygen atoms in total. The summed E-state index contributed by atoms with van der Waals surface area (Å²) in [5, 5.41) is 0. The van der Waals surface area contributed by atoms with E-state index in [4.69, 9.17) is 42.6 Å². The predicted octanol–water partition coefficient (Wildman–Crippen LogP) is 4.16. The van der Waals surface area contributed by atoms with Crippen molar-refractivity contribution in [3.63, 3.8) is 0 Å². The minimum absolute atomic E-state index is 0.0658. The quantitative estimate of drug-likeness (QED) is 0.230. The third kappa shape index (κ3) is 7.77. The highest BCUT2D eigenvalue weighted by molar-refractivity contribution is 6.07. The van der Waals surface area contributed by atoms with Gasteiger partial charge in [-0.2, -0.15) is 0 Å². The van der Waals surface area contributed by atoms with Gasteiger partial charge in [0, 0.05) is 57.9 Å². The molecule has 0 aliphatic carbocycles. The molecule has 15 heteroatoms. The SMILES string of the molecule is COc1cc([C@@H]2Oc3cc([C@@H]4Oc5cc(OC(C)=O)cc(OC(C)=O)c5C(=O)[C@H]4OC(C)=O)ccc3O[C@H]2COC(C)=O)ccc1OC(C)=O. The van der Waals surface area contributed by atoms with Crippen LogP contribution in [0.4, 0.5) is 0 Å². The largest absolute Gasteiger partial charge is 0.493 e. The Morgan fingerprint density at radius 1 is 0.620 bits per heavy atom. The Labute approximate surface area is 285 Å². The highest BCUT2D eigenvalue weighted by atomic mass is 16.6. The molecule has 4 atom stereocenters. The van der Waals surface area contributed by atoms with Crippen molar-refractivity contribution < 1.29 is 71.4 Å². The predicted molar refractivity (Wildman–Crippen MR) is 167 cm³/mol. The molecule has 0 spiro atoms.